The smallest absolute Gasteiger partial charge is 0.0345 e. The van der Waals surface area contributed by atoms with Gasteiger partial charge in [0.2, 0.25) is 0 Å². The quantitative estimate of drug-likeness (QED) is 0.834. The van der Waals surface area contributed by atoms with Crippen molar-refractivity contribution in [3.8, 4) is 0 Å². The van der Waals surface area contributed by atoms with Gasteiger partial charge in [0.25, 0.3) is 0 Å². The molecule has 0 unspecified atom stereocenters. The molecule has 1 aromatic heterocycles. The molecule has 0 aliphatic heterocycles. The normalized spacial score (nSPS) is 12.2. The van der Waals surface area contributed by atoms with E-state index >= 15 is 0 Å². The minimum Gasteiger partial charge on any atom is -0.314 e. The molecule has 2 rings (SSSR count). The highest BCUT2D eigenvalue weighted by Crippen LogP contribution is 2.28. The molecule has 0 fully saturated rings. The third kappa shape index (κ3) is 2.21. The number of rotatable bonds is 3. The van der Waals surface area contributed by atoms with Gasteiger partial charge in [-0.05, 0) is 49.7 Å². The Hall–Kier alpha value is -0.860. The number of likely N-dealkylation sites (N-methyl/N-ethyl adjacent to an activating group) is 1. The van der Waals surface area contributed by atoms with Crippen LogP contribution in [0.5, 0.6) is 0 Å². The van der Waals surface area contributed by atoms with E-state index in [-0.39, 0.29) is 5.54 Å². The van der Waals surface area contributed by atoms with E-state index in [1.165, 1.54) is 15.6 Å². The summed E-state index contributed by atoms with van der Waals surface area (Å²) in [6.07, 6.45) is 1.08. The maximum Gasteiger partial charge on any atom is 0.0345 e. The summed E-state index contributed by atoms with van der Waals surface area (Å²) in [6.45, 7) is 4.47. The molecule has 80 valence electrons. The highest BCUT2D eigenvalue weighted by molar-refractivity contribution is 7.17. The molecule has 0 saturated heterocycles. The van der Waals surface area contributed by atoms with Crippen LogP contribution >= 0.6 is 11.3 Å². The summed E-state index contributed by atoms with van der Waals surface area (Å²) in [5.74, 6) is 0. The Kier molecular flexibility index (Phi) is 2.81. The van der Waals surface area contributed by atoms with Crippen molar-refractivity contribution >= 4 is 21.4 Å². The van der Waals surface area contributed by atoms with Crippen LogP contribution in [0.15, 0.2) is 29.6 Å². The van der Waals surface area contributed by atoms with Gasteiger partial charge in [-0.15, -0.1) is 11.3 Å². The van der Waals surface area contributed by atoms with Crippen LogP contribution in [-0.4, -0.2) is 12.6 Å². The fourth-order valence-electron chi connectivity index (χ4n) is 1.73. The van der Waals surface area contributed by atoms with Gasteiger partial charge in [-0.2, -0.15) is 0 Å². The first kappa shape index (κ1) is 10.7. The van der Waals surface area contributed by atoms with Crippen molar-refractivity contribution in [1.82, 2.24) is 5.32 Å². The van der Waals surface area contributed by atoms with Crippen LogP contribution in [-0.2, 0) is 6.42 Å². The number of nitrogens with one attached hydrogen (secondary N) is 1. The minimum atomic E-state index is 0.170. The zero-order valence-corrected chi connectivity index (χ0v) is 10.3. The van der Waals surface area contributed by atoms with Crippen molar-refractivity contribution in [2.75, 3.05) is 7.05 Å². The van der Waals surface area contributed by atoms with E-state index in [0.717, 1.165) is 6.42 Å². The molecule has 1 aromatic carbocycles. The van der Waals surface area contributed by atoms with Gasteiger partial charge < -0.3 is 5.32 Å². The Bertz CT molecular complexity index is 456. The lowest BCUT2D eigenvalue weighted by molar-refractivity contribution is 0.423. The van der Waals surface area contributed by atoms with E-state index in [2.05, 4.69) is 48.8 Å². The summed E-state index contributed by atoms with van der Waals surface area (Å²) in [4.78, 5) is 0. The van der Waals surface area contributed by atoms with Crippen molar-refractivity contribution in [2.45, 2.75) is 25.8 Å². The van der Waals surface area contributed by atoms with Crippen molar-refractivity contribution in [1.29, 1.82) is 0 Å². The van der Waals surface area contributed by atoms with Crippen LogP contribution in [0.4, 0.5) is 0 Å². The molecule has 1 N–H and O–H groups in total. The highest BCUT2D eigenvalue weighted by Gasteiger charge is 2.17. The summed E-state index contributed by atoms with van der Waals surface area (Å²) < 4.78 is 1.39. The van der Waals surface area contributed by atoms with Crippen LogP contribution < -0.4 is 5.32 Å². The van der Waals surface area contributed by atoms with Gasteiger partial charge in [0.1, 0.15) is 0 Å². The fraction of sp³-hybridized carbons (Fsp3) is 0.385. The van der Waals surface area contributed by atoms with Crippen LogP contribution in [0.25, 0.3) is 10.1 Å². The zero-order chi connectivity index (χ0) is 10.9. The molecule has 0 amide bonds. The number of fused-ring (bicyclic) bond motifs is 1. The van der Waals surface area contributed by atoms with Gasteiger partial charge in [-0.1, -0.05) is 18.2 Å². The number of thiophene rings is 1. The Morgan fingerprint density at radius 2 is 2.00 bits per heavy atom. The molecule has 0 aliphatic carbocycles. The predicted octanol–water partition coefficient (Wildman–Crippen LogP) is 3.44. The third-order valence-electron chi connectivity index (χ3n) is 2.87. The SMILES string of the molecule is CNC(C)(C)Cc1csc2ccccc12. The molecule has 0 aliphatic rings. The molecule has 0 bridgehead atoms. The fourth-order valence-corrected chi connectivity index (χ4v) is 2.70. The lowest BCUT2D eigenvalue weighted by Crippen LogP contribution is -2.38. The Morgan fingerprint density at radius 3 is 2.73 bits per heavy atom. The molecular formula is C13H17NS. The van der Waals surface area contributed by atoms with Gasteiger partial charge in [0.05, 0.1) is 0 Å². The zero-order valence-electron chi connectivity index (χ0n) is 9.50. The van der Waals surface area contributed by atoms with E-state index < -0.39 is 0 Å². The van der Waals surface area contributed by atoms with Gasteiger partial charge in [-0.25, -0.2) is 0 Å². The standard InChI is InChI=1S/C13H17NS/c1-13(2,14-3)8-10-9-15-12-7-5-4-6-11(10)12/h4-7,9,14H,8H2,1-3H3. The van der Waals surface area contributed by atoms with E-state index in [9.17, 15) is 0 Å². The maximum absolute atomic E-state index is 3.35. The van der Waals surface area contributed by atoms with Gasteiger partial charge in [0.15, 0.2) is 0 Å². The van der Waals surface area contributed by atoms with Gasteiger partial charge in [-0.3, -0.25) is 0 Å². The Morgan fingerprint density at radius 1 is 1.27 bits per heavy atom. The van der Waals surface area contributed by atoms with Gasteiger partial charge in [0, 0.05) is 10.2 Å². The predicted molar refractivity (Wildman–Crippen MR) is 68.7 cm³/mol. The molecule has 0 spiro atoms. The van der Waals surface area contributed by atoms with Crippen molar-refractivity contribution in [3.63, 3.8) is 0 Å². The summed E-state index contributed by atoms with van der Waals surface area (Å²) in [5.41, 5.74) is 1.62. The van der Waals surface area contributed by atoms with E-state index in [1.54, 1.807) is 0 Å². The lowest BCUT2D eigenvalue weighted by atomic mass is 9.95. The van der Waals surface area contributed by atoms with Gasteiger partial charge >= 0.3 is 0 Å². The molecule has 15 heavy (non-hydrogen) atoms. The Balaban J connectivity index is 2.37. The molecular weight excluding hydrogens is 202 g/mol. The summed E-state index contributed by atoms with van der Waals surface area (Å²) >= 11 is 1.84. The molecule has 2 heteroatoms. The second-order valence-corrected chi connectivity index (χ2v) is 5.48. The van der Waals surface area contributed by atoms with Crippen LogP contribution in [0.1, 0.15) is 19.4 Å². The van der Waals surface area contributed by atoms with Crippen molar-refractivity contribution in [3.05, 3.63) is 35.2 Å². The molecule has 0 atom stereocenters. The number of benzene rings is 1. The lowest BCUT2D eigenvalue weighted by Gasteiger charge is -2.23. The summed E-state index contributed by atoms with van der Waals surface area (Å²) in [6, 6.07) is 8.62. The molecule has 1 nitrogen and oxygen atoms in total. The van der Waals surface area contributed by atoms with Crippen molar-refractivity contribution < 1.29 is 0 Å². The first-order chi connectivity index (χ1) is 7.12. The minimum absolute atomic E-state index is 0.170. The molecule has 0 radical (unpaired) electrons. The summed E-state index contributed by atoms with van der Waals surface area (Å²) in [5, 5.41) is 7.04. The average Bonchev–Trinajstić information content (AvgIpc) is 2.62. The maximum atomic E-state index is 3.35. The van der Waals surface area contributed by atoms with Crippen LogP contribution in [0.3, 0.4) is 0 Å². The van der Waals surface area contributed by atoms with E-state index in [0.29, 0.717) is 0 Å². The topological polar surface area (TPSA) is 12.0 Å². The van der Waals surface area contributed by atoms with E-state index in [1.807, 2.05) is 18.4 Å². The van der Waals surface area contributed by atoms with E-state index in [4.69, 9.17) is 0 Å². The first-order valence-corrected chi connectivity index (χ1v) is 6.14. The monoisotopic (exact) mass is 219 g/mol. The molecule has 1 heterocycles. The second kappa shape index (κ2) is 3.95. The Labute approximate surface area is 95.1 Å². The number of hydrogen-bond acceptors (Lipinski definition) is 2. The molecule has 2 aromatic rings. The highest BCUT2D eigenvalue weighted by atomic mass is 32.1. The third-order valence-corrected chi connectivity index (χ3v) is 3.88. The largest absolute Gasteiger partial charge is 0.314 e. The molecule has 0 saturated carbocycles. The number of hydrogen-bond donors (Lipinski definition) is 1. The first-order valence-electron chi connectivity index (χ1n) is 5.26. The van der Waals surface area contributed by atoms with Crippen LogP contribution in [0.2, 0.25) is 0 Å². The second-order valence-electron chi connectivity index (χ2n) is 4.57. The van der Waals surface area contributed by atoms with Crippen LogP contribution in [0, 0.1) is 0 Å². The summed E-state index contributed by atoms with van der Waals surface area (Å²) in [7, 11) is 2.02. The average molecular weight is 219 g/mol. The van der Waals surface area contributed by atoms with Crippen molar-refractivity contribution in [2.24, 2.45) is 0 Å².